The molecule has 0 aliphatic heterocycles. The van der Waals surface area contributed by atoms with Crippen LogP contribution in [0, 0.1) is 6.92 Å². The van der Waals surface area contributed by atoms with Crippen molar-refractivity contribution in [3.8, 4) is 11.3 Å². The van der Waals surface area contributed by atoms with Gasteiger partial charge in [-0.2, -0.15) is 0 Å². The summed E-state index contributed by atoms with van der Waals surface area (Å²) < 4.78 is 0. The smallest absolute Gasteiger partial charge is 0.0736 e. The van der Waals surface area contributed by atoms with Gasteiger partial charge < -0.3 is 5.32 Å². The van der Waals surface area contributed by atoms with E-state index in [4.69, 9.17) is 4.98 Å². The molecule has 5 aromatic carbocycles. The zero-order valence-electron chi connectivity index (χ0n) is 17.8. The van der Waals surface area contributed by atoms with Gasteiger partial charge in [0.1, 0.15) is 0 Å². The minimum atomic E-state index is 0.969. The number of fused-ring (bicyclic) bond motifs is 4. The van der Waals surface area contributed by atoms with E-state index in [9.17, 15) is 0 Å². The lowest BCUT2D eigenvalue weighted by molar-refractivity contribution is 1.38. The topological polar surface area (TPSA) is 24.9 Å². The average Bonchev–Trinajstić information content (AvgIpc) is 2.84. The van der Waals surface area contributed by atoms with Crippen LogP contribution in [-0.2, 0) is 0 Å². The maximum Gasteiger partial charge on any atom is 0.0736 e. The fourth-order valence-electron chi connectivity index (χ4n) is 4.38. The highest BCUT2D eigenvalue weighted by atomic mass is 14.9. The third kappa shape index (κ3) is 3.27. The van der Waals surface area contributed by atoms with Crippen molar-refractivity contribution in [2.24, 2.45) is 0 Å². The monoisotopic (exact) mass is 410 g/mol. The fraction of sp³-hybridized carbons (Fsp3) is 0.0333. The van der Waals surface area contributed by atoms with Crippen LogP contribution < -0.4 is 5.32 Å². The Balaban J connectivity index is 1.64. The van der Waals surface area contributed by atoms with Crippen LogP contribution in [0.1, 0.15) is 5.56 Å². The van der Waals surface area contributed by atoms with Crippen LogP contribution in [0.2, 0.25) is 0 Å². The molecule has 2 nitrogen and oxygen atoms in total. The zero-order valence-corrected chi connectivity index (χ0v) is 17.8. The molecule has 0 atom stereocenters. The van der Waals surface area contributed by atoms with E-state index < -0.39 is 0 Å². The molecule has 0 bridgehead atoms. The van der Waals surface area contributed by atoms with Crippen molar-refractivity contribution in [3.05, 3.63) is 115 Å². The molecule has 6 aromatic rings. The van der Waals surface area contributed by atoms with E-state index in [1.54, 1.807) is 0 Å². The van der Waals surface area contributed by atoms with Crippen LogP contribution in [-0.4, -0.2) is 4.98 Å². The predicted molar refractivity (Wildman–Crippen MR) is 137 cm³/mol. The highest BCUT2D eigenvalue weighted by Gasteiger charge is 2.11. The first-order chi connectivity index (χ1) is 15.7. The quantitative estimate of drug-likeness (QED) is 0.235. The van der Waals surface area contributed by atoms with Gasteiger partial charge in [0.25, 0.3) is 0 Å². The van der Waals surface area contributed by atoms with Crippen molar-refractivity contribution in [2.45, 2.75) is 6.92 Å². The standard InChI is InChI=1S/C30H22N2/c1-20-11-13-22(14-12-20)28-19-30(31-24-8-3-2-4-9-24)27-18-26-23(17-29(27)32-28)16-15-21-7-5-6-10-25(21)26/h2-19H,1H3,(H,31,32). The van der Waals surface area contributed by atoms with Gasteiger partial charge in [-0.3, -0.25) is 0 Å². The molecule has 0 aliphatic rings. The number of hydrogen-bond donors (Lipinski definition) is 1. The number of nitrogens with one attached hydrogen (secondary N) is 1. The minimum Gasteiger partial charge on any atom is -0.355 e. The Hall–Kier alpha value is -4.17. The fourth-order valence-corrected chi connectivity index (χ4v) is 4.38. The highest BCUT2D eigenvalue weighted by Crippen LogP contribution is 2.35. The Bertz CT molecular complexity index is 1580. The second-order valence-corrected chi connectivity index (χ2v) is 8.29. The van der Waals surface area contributed by atoms with Crippen molar-refractivity contribution < 1.29 is 0 Å². The average molecular weight is 411 g/mol. The minimum absolute atomic E-state index is 0.969. The Kier molecular flexibility index (Phi) is 4.36. The first-order valence-corrected chi connectivity index (χ1v) is 10.9. The molecule has 152 valence electrons. The molecule has 0 aliphatic carbocycles. The number of hydrogen-bond acceptors (Lipinski definition) is 2. The molecule has 1 heterocycles. The van der Waals surface area contributed by atoms with Gasteiger partial charge in [-0.05, 0) is 58.8 Å². The molecule has 1 N–H and O–H groups in total. The maximum absolute atomic E-state index is 5.07. The number of anilines is 2. The first kappa shape index (κ1) is 18.6. The Morgan fingerprint density at radius 1 is 0.594 bits per heavy atom. The van der Waals surface area contributed by atoms with Gasteiger partial charge in [-0.15, -0.1) is 0 Å². The summed E-state index contributed by atoms with van der Waals surface area (Å²) in [6, 6.07) is 38.5. The van der Waals surface area contributed by atoms with Crippen LogP contribution >= 0.6 is 0 Å². The summed E-state index contributed by atoms with van der Waals surface area (Å²) in [5.41, 5.74) is 6.45. The van der Waals surface area contributed by atoms with Gasteiger partial charge in [0.05, 0.1) is 16.9 Å². The molecule has 2 heteroatoms. The SMILES string of the molecule is Cc1ccc(-c2cc(Nc3ccccc3)c3cc4c(ccc5ccccc54)cc3n2)cc1. The molecule has 1 aromatic heterocycles. The van der Waals surface area contributed by atoms with E-state index >= 15 is 0 Å². The summed E-state index contributed by atoms with van der Waals surface area (Å²) in [5, 5.41) is 9.73. The molecule has 32 heavy (non-hydrogen) atoms. The lowest BCUT2D eigenvalue weighted by atomic mass is 9.98. The normalized spacial score (nSPS) is 11.3. The van der Waals surface area contributed by atoms with E-state index in [2.05, 4.69) is 115 Å². The molecule has 6 rings (SSSR count). The van der Waals surface area contributed by atoms with Gasteiger partial charge in [0.2, 0.25) is 0 Å². The van der Waals surface area contributed by atoms with Crippen molar-refractivity contribution in [1.82, 2.24) is 4.98 Å². The summed E-state index contributed by atoms with van der Waals surface area (Å²) in [6.07, 6.45) is 0. The molecule has 0 spiro atoms. The molecular weight excluding hydrogens is 388 g/mol. The van der Waals surface area contributed by atoms with E-state index in [-0.39, 0.29) is 0 Å². The molecular formula is C30H22N2. The van der Waals surface area contributed by atoms with E-state index in [1.807, 2.05) is 6.07 Å². The molecule has 0 saturated heterocycles. The molecule has 0 unspecified atom stereocenters. The maximum atomic E-state index is 5.07. The third-order valence-corrected chi connectivity index (χ3v) is 6.07. The van der Waals surface area contributed by atoms with Crippen LogP contribution in [0.5, 0.6) is 0 Å². The summed E-state index contributed by atoms with van der Waals surface area (Å²) in [4.78, 5) is 5.07. The number of pyridine rings is 1. The van der Waals surface area contributed by atoms with Crippen molar-refractivity contribution in [1.29, 1.82) is 0 Å². The second kappa shape index (κ2) is 7.51. The van der Waals surface area contributed by atoms with Crippen LogP contribution in [0.3, 0.4) is 0 Å². The third-order valence-electron chi connectivity index (χ3n) is 6.07. The van der Waals surface area contributed by atoms with Crippen LogP contribution in [0.25, 0.3) is 43.7 Å². The number of para-hydroxylation sites is 1. The molecule has 0 amide bonds. The lowest BCUT2D eigenvalue weighted by Crippen LogP contribution is -1.95. The number of nitrogens with zero attached hydrogens (tertiary/aromatic N) is 1. The Morgan fingerprint density at radius 3 is 2.19 bits per heavy atom. The summed E-state index contributed by atoms with van der Waals surface area (Å²) >= 11 is 0. The summed E-state index contributed by atoms with van der Waals surface area (Å²) in [5.74, 6) is 0. The molecule has 0 fully saturated rings. The molecule has 0 radical (unpaired) electrons. The number of benzene rings is 5. The van der Waals surface area contributed by atoms with Gasteiger partial charge in [0.15, 0.2) is 0 Å². The Morgan fingerprint density at radius 2 is 1.34 bits per heavy atom. The first-order valence-electron chi connectivity index (χ1n) is 10.9. The number of aryl methyl sites for hydroxylation is 1. The van der Waals surface area contributed by atoms with Gasteiger partial charge in [0, 0.05) is 16.6 Å². The van der Waals surface area contributed by atoms with E-state index in [1.165, 1.54) is 27.1 Å². The molecule has 0 saturated carbocycles. The van der Waals surface area contributed by atoms with Gasteiger partial charge in [-0.25, -0.2) is 4.98 Å². The van der Waals surface area contributed by atoms with Gasteiger partial charge in [-0.1, -0.05) is 84.4 Å². The Labute approximate surface area is 187 Å². The summed E-state index contributed by atoms with van der Waals surface area (Å²) in [7, 11) is 0. The lowest BCUT2D eigenvalue weighted by Gasteiger charge is -2.14. The predicted octanol–water partition coefficient (Wildman–Crippen LogP) is 8.26. The summed E-state index contributed by atoms with van der Waals surface area (Å²) in [6.45, 7) is 2.11. The van der Waals surface area contributed by atoms with Crippen molar-refractivity contribution in [2.75, 3.05) is 5.32 Å². The van der Waals surface area contributed by atoms with Crippen LogP contribution in [0.4, 0.5) is 11.4 Å². The van der Waals surface area contributed by atoms with Crippen molar-refractivity contribution in [3.63, 3.8) is 0 Å². The van der Waals surface area contributed by atoms with E-state index in [0.29, 0.717) is 0 Å². The van der Waals surface area contributed by atoms with E-state index in [0.717, 1.165) is 33.5 Å². The van der Waals surface area contributed by atoms with Crippen LogP contribution in [0.15, 0.2) is 109 Å². The van der Waals surface area contributed by atoms with Gasteiger partial charge >= 0.3 is 0 Å². The van der Waals surface area contributed by atoms with Crippen molar-refractivity contribution >= 4 is 43.8 Å². The second-order valence-electron chi connectivity index (χ2n) is 8.29. The highest BCUT2D eigenvalue weighted by molar-refractivity contribution is 6.13. The number of aromatic nitrogens is 1. The zero-order chi connectivity index (χ0) is 21.5. The largest absolute Gasteiger partial charge is 0.355 e. The number of rotatable bonds is 3.